The van der Waals surface area contributed by atoms with Crippen molar-refractivity contribution >= 4 is 30.6 Å². The first kappa shape index (κ1) is 13.7. The molecule has 1 fully saturated rings. The van der Waals surface area contributed by atoms with E-state index in [1.54, 1.807) is 0 Å². The zero-order valence-corrected chi connectivity index (χ0v) is 7.19. The summed E-state index contributed by atoms with van der Waals surface area (Å²) in [5, 5.41) is 8.26. The number of aliphatic carboxylic acids is 1. The SMILES string of the molecule is O=C(O)C(=O)CCCC1OCCO1.[LiH]. The molecule has 1 rings (SSSR count). The molecule has 0 saturated carbocycles. The van der Waals surface area contributed by atoms with E-state index in [9.17, 15) is 9.59 Å². The van der Waals surface area contributed by atoms with Crippen LogP contribution in [0, 0.1) is 0 Å². The number of hydrogen-bond donors (Lipinski definition) is 1. The summed E-state index contributed by atoms with van der Waals surface area (Å²) in [6.45, 7) is 1.16. The van der Waals surface area contributed by atoms with Gasteiger partial charge in [-0.25, -0.2) is 4.79 Å². The zero-order chi connectivity index (χ0) is 9.68. The molecule has 76 valence electrons. The number of carboxylic acids is 1. The van der Waals surface area contributed by atoms with Gasteiger partial charge in [-0.05, 0) is 12.8 Å². The average molecular weight is 196 g/mol. The Morgan fingerprint density at radius 1 is 1.29 bits per heavy atom. The molecule has 0 amide bonds. The molecule has 1 aliphatic heterocycles. The Morgan fingerprint density at radius 2 is 1.86 bits per heavy atom. The van der Waals surface area contributed by atoms with Crippen molar-refractivity contribution < 1.29 is 24.2 Å². The van der Waals surface area contributed by atoms with Crippen LogP contribution in [0.4, 0.5) is 0 Å². The van der Waals surface area contributed by atoms with Crippen LogP contribution in [0.1, 0.15) is 19.3 Å². The molecule has 1 saturated heterocycles. The fraction of sp³-hybridized carbons (Fsp3) is 0.750. The van der Waals surface area contributed by atoms with Gasteiger partial charge in [-0.1, -0.05) is 0 Å². The van der Waals surface area contributed by atoms with Crippen molar-refractivity contribution in [1.82, 2.24) is 0 Å². The minimum atomic E-state index is -1.37. The predicted octanol–water partition coefficient (Wildman–Crippen LogP) is -0.465. The first-order chi connectivity index (χ1) is 6.20. The van der Waals surface area contributed by atoms with Crippen LogP contribution >= 0.6 is 0 Å². The first-order valence-electron chi connectivity index (χ1n) is 4.19. The molecule has 1 N–H and O–H groups in total. The summed E-state index contributed by atoms with van der Waals surface area (Å²) in [7, 11) is 0. The van der Waals surface area contributed by atoms with Gasteiger partial charge in [0, 0.05) is 6.42 Å². The second-order valence-corrected chi connectivity index (χ2v) is 2.79. The zero-order valence-electron chi connectivity index (χ0n) is 7.19. The quantitative estimate of drug-likeness (QED) is 0.475. The van der Waals surface area contributed by atoms with Crippen LogP contribution in [0.2, 0.25) is 0 Å². The fourth-order valence-corrected chi connectivity index (χ4v) is 1.11. The average Bonchev–Trinajstić information content (AvgIpc) is 2.56. The van der Waals surface area contributed by atoms with Crippen molar-refractivity contribution in [1.29, 1.82) is 0 Å². The summed E-state index contributed by atoms with van der Waals surface area (Å²) >= 11 is 0. The van der Waals surface area contributed by atoms with E-state index in [1.807, 2.05) is 0 Å². The maximum atomic E-state index is 10.6. The number of ether oxygens (including phenoxy) is 2. The molecule has 0 radical (unpaired) electrons. The number of rotatable bonds is 5. The first-order valence-corrected chi connectivity index (χ1v) is 4.19. The number of carbonyl (C=O) groups is 2. The standard InChI is InChI=1S/C8H12O5.Li.H/c9-6(8(10)11)2-1-3-7-12-4-5-13-7;;/h7H,1-5H2,(H,10,11);;. The Bertz CT molecular complexity index is 200. The fourth-order valence-electron chi connectivity index (χ4n) is 1.11. The molecule has 0 aromatic carbocycles. The number of hydrogen-bond acceptors (Lipinski definition) is 4. The Balaban J connectivity index is 0.00000169. The Hall–Kier alpha value is -0.343. The topological polar surface area (TPSA) is 72.8 Å². The third-order valence-electron chi connectivity index (χ3n) is 1.77. The van der Waals surface area contributed by atoms with E-state index in [2.05, 4.69) is 0 Å². The van der Waals surface area contributed by atoms with Crippen molar-refractivity contribution in [3.05, 3.63) is 0 Å². The molecule has 0 aliphatic carbocycles. The predicted molar refractivity (Wildman–Crippen MR) is 49.3 cm³/mol. The molecule has 6 heteroatoms. The molecule has 0 aromatic heterocycles. The summed E-state index contributed by atoms with van der Waals surface area (Å²) in [4.78, 5) is 20.7. The number of ketones is 1. The summed E-state index contributed by atoms with van der Waals surface area (Å²) in [5.41, 5.74) is 0. The van der Waals surface area contributed by atoms with Crippen LogP contribution in [-0.2, 0) is 19.1 Å². The Labute approximate surface area is 93.9 Å². The second kappa shape index (κ2) is 7.02. The molecule has 0 aromatic rings. The van der Waals surface area contributed by atoms with Gasteiger partial charge in [0.25, 0.3) is 0 Å². The third-order valence-corrected chi connectivity index (χ3v) is 1.77. The molecule has 5 nitrogen and oxygen atoms in total. The van der Waals surface area contributed by atoms with Gasteiger partial charge < -0.3 is 14.6 Å². The van der Waals surface area contributed by atoms with Gasteiger partial charge in [0.15, 0.2) is 6.29 Å². The molecular weight excluding hydrogens is 183 g/mol. The molecule has 1 heterocycles. The van der Waals surface area contributed by atoms with Gasteiger partial charge in [0.05, 0.1) is 13.2 Å². The van der Waals surface area contributed by atoms with Gasteiger partial charge in [0.2, 0.25) is 5.78 Å². The maximum absolute atomic E-state index is 10.6. The summed E-state index contributed by atoms with van der Waals surface area (Å²) < 4.78 is 10.2. The summed E-state index contributed by atoms with van der Waals surface area (Å²) in [6, 6.07) is 0. The molecule has 1 aliphatic rings. The Morgan fingerprint density at radius 3 is 2.36 bits per heavy atom. The van der Waals surface area contributed by atoms with Crippen LogP contribution in [-0.4, -0.2) is 55.2 Å². The van der Waals surface area contributed by atoms with E-state index in [1.165, 1.54) is 0 Å². The third kappa shape index (κ3) is 4.77. The van der Waals surface area contributed by atoms with Gasteiger partial charge in [0.1, 0.15) is 0 Å². The minimum absolute atomic E-state index is 0. The van der Waals surface area contributed by atoms with Crippen LogP contribution in [0.5, 0.6) is 0 Å². The Kier molecular flexibility index (Phi) is 6.84. The van der Waals surface area contributed by atoms with Gasteiger partial charge in [-0.3, -0.25) is 4.79 Å². The van der Waals surface area contributed by atoms with Gasteiger partial charge in [-0.15, -0.1) is 0 Å². The van der Waals surface area contributed by atoms with Crippen molar-refractivity contribution in [2.24, 2.45) is 0 Å². The summed E-state index contributed by atoms with van der Waals surface area (Å²) in [6.07, 6.45) is 0.884. The van der Waals surface area contributed by atoms with Crippen molar-refractivity contribution in [2.45, 2.75) is 25.6 Å². The molecule has 0 spiro atoms. The molecule has 0 bridgehead atoms. The van der Waals surface area contributed by atoms with Crippen molar-refractivity contribution in [3.63, 3.8) is 0 Å². The van der Waals surface area contributed by atoms with E-state index in [0.29, 0.717) is 26.1 Å². The molecule has 14 heavy (non-hydrogen) atoms. The van der Waals surface area contributed by atoms with E-state index in [4.69, 9.17) is 14.6 Å². The van der Waals surface area contributed by atoms with Crippen LogP contribution < -0.4 is 0 Å². The van der Waals surface area contributed by atoms with E-state index in [0.717, 1.165) is 0 Å². The normalized spacial score (nSPS) is 16.3. The van der Waals surface area contributed by atoms with Gasteiger partial charge >= 0.3 is 24.8 Å². The second-order valence-electron chi connectivity index (χ2n) is 2.79. The molecular formula is C8H13LiO5. The van der Waals surface area contributed by atoms with E-state index >= 15 is 0 Å². The number of carboxylic acid groups (broad SMARTS) is 1. The number of Topliss-reactive ketones (excluding diaryl/α,β-unsaturated/α-hetero) is 1. The van der Waals surface area contributed by atoms with Gasteiger partial charge in [-0.2, -0.15) is 0 Å². The molecule has 0 atom stereocenters. The monoisotopic (exact) mass is 196 g/mol. The number of carbonyl (C=O) groups excluding carboxylic acids is 1. The van der Waals surface area contributed by atoms with Crippen molar-refractivity contribution in [3.8, 4) is 0 Å². The molecule has 0 unspecified atom stereocenters. The van der Waals surface area contributed by atoms with E-state index in [-0.39, 0.29) is 31.6 Å². The van der Waals surface area contributed by atoms with Crippen LogP contribution in [0.25, 0.3) is 0 Å². The van der Waals surface area contributed by atoms with E-state index < -0.39 is 11.8 Å². The van der Waals surface area contributed by atoms with Crippen LogP contribution in [0.3, 0.4) is 0 Å². The summed E-state index contributed by atoms with van der Waals surface area (Å²) in [5.74, 6) is -2.12. The van der Waals surface area contributed by atoms with Crippen LogP contribution in [0.15, 0.2) is 0 Å². The van der Waals surface area contributed by atoms with Crippen molar-refractivity contribution in [2.75, 3.05) is 13.2 Å².